The monoisotopic (exact) mass is 344 g/mol. The van der Waals surface area contributed by atoms with Crippen LogP contribution in [0.15, 0.2) is 42.5 Å². The molecular weight excluding hydrogens is 324 g/mol. The summed E-state index contributed by atoms with van der Waals surface area (Å²) >= 11 is 6.03. The number of carbonyl (C=O) groups is 2. The molecule has 0 aliphatic carbocycles. The van der Waals surface area contributed by atoms with Crippen molar-refractivity contribution >= 4 is 34.8 Å². The van der Waals surface area contributed by atoms with Crippen molar-refractivity contribution in [3.63, 3.8) is 0 Å². The van der Waals surface area contributed by atoms with Gasteiger partial charge in [0.15, 0.2) is 0 Å². The van der Waals surface area contributed by atoms with E-state index in [0.717, 1.165) is 17.5 Å². The zero-order chi connectivity index (χ0) is 17.7. The van der Waals surface area contributed by atoms with Gasteiger partial charge in [0.25, 0.3) is 0 Å². The van der Waals surface area contributed by atoms with Gasteiger partial charge in [-0.05, 0) is 48.6 Å². The van der Waals surface area contributed by atoms with Gasteiger partial charge < -0.3 is 10.6 Å². The Morgan fingerprint density at radius 1 is 1.00 bits per heavy atom. The normalized spacial score (nSPS) is 11.7. The molecule has 0 radical (unpaired) electrons. The van der Waals surface area contributed by atoms with Crippen LogP contribution in [-0.2, 0) is 9.59 Å². The summed E-state index contributed by atoms with van der Waals surface area (Å²) in [4.78, 5) is 24.4. The van der Waals surface area contributed by atoms with Crippen LogP contribution in [0.25, 0.3) is 0 Å². The molecule has 0 spiro atoms. The zero-order valence-corrected chi connectivity index (χ0v) is 14.8. The Kier molecular flexibility index (Phi) is 5.99. The van der Waals surface area contributed by atoms with E-state index in [9.17, 15) is 9.59 Å². The standard InChI is InChI=1S/C19H21ClN2O2/c1-4-12(2)14-8-5-6-10-17(14)22-19(24)18(23)21-16-11-7-9-15(20)13(16)3/h5-12H,4H2,1-3H3,(H,21,23)(H,22,24). The van der Waals surface area contributed by atoms with Gasteiger partial charge in [-0.2, -0.15) is 0 Å². The fraction of sp³-hybridized carbons (Fsp3) is 0.263. The molecule has 0 aromatic heterocycles. The Hall–Kier alpha value is -2.33. The Balaban J connectivity index is 2.13. The lowest BCUT2D eigenvalue weighted by molar-refractivity contribution is -0.133. The minimum atomic E-state index is -0.723. The zero-order valence-electron chi connectivity index (χ0n) is 14.0. The van der Waals surface area contributed by atoms with E-state index in [-0.39, 0.29) is 0 Å². The van der Waals surface area contributed by atoms with E-state index in [1.165, 1.54) is 0 Å². The van der Waals surface area contributed by atoms with Crippen LogP contribution in [0.3, 0.4) is 0 Å². The van der Waals surface area contributed by atoms with Crippen molar-refractivity contribution in [2.75, 3.05) is 10.6 Å². The van der Waals surface area contributed by atoms with Crippen LogP contribution < -0.4 is 10.6 Å². The van der Waals surface area contributed by atoms with Crippen LogP contribution in [0.1, 0.15) is 37.3 Å². The second-order valence-electron chi connectivity index (χ2n) is 5.72. The molecule has 0 heterocycles. The minimum Gasteiger partial charge on any atom is -0.318 e. The average Bonchev–Trinajstić information content (AvgIpc) is 2.58. The predicted octanol–water partition coefficient (Wildman–Crippen LogP) is 4.74. The topological polar surface area (TPSA) is 58.2 Å². The van der Waals surface area contributed by atoms with Crippen LogP contribution in [0, 0.1) is 6.92 Å². The van der Waals surface area contributed by atoms with E-state index < -0.39 is 11.8 Å². The van der Waals surface area contributed by atoms with Crippen molar-refractivity contribution in [3.05, 3.63) is 58.6 Å². The number of carbonyl (C=O) groups excluding carboxylic acids is 2. The van der Waals surface area contributed by atoms with E-state index >= 15 is 0 Å². The second-order valence-corrected chi connectivity index (χ2v) is 6.12. The molecule has 2 aromatic carbocycles. The summed E-state index contributed by atoms with van der Waals surface area (Å²) in [7, 11) is 0. The molecule has 0 fully saturated rings. The number of rotatable bonds is 4. The van der Waals surface area contributed by atoms with Crippen molar-refractivity contribution in [1.29, 1.82) is 0 Å². The number of hydrogen-bond donors (Lipinski definition) is 2. The smallest absolute Gasteiger partial charge is 0.314 e. The summed E-state index contributed by atoms with van der Waals surface area (Å²) in [6, 6.07) is 12.7. The van der Waals surface area contributed by atoms with Gasteiger partial charge in [-0.1, -0.05) is 49.7 Å². The highest BCUT2D eigenvalue weighted by atomic mass is 35.5. The lowest BCUT2D eigenvalue weighted by Gasteiger charge is -2.15. The van der Waals surface area contributed by atoms with Gasteiger partial charge in [-0.15, -0.1) is 0 Å². The molecule has 2 amide bonds. The van der Waals surface area contributed by atoms with E-state index in [2.05, 4.69) is 24.5 Å². The highest BCUT2D eigenvalue weighted by molar-refractivity contribution is 6.44. The molecule has 0 bridgehead atoms. The summed E-state index contributed by atoms with van der Waals surface area (Å²) in [5, 5.41) is 5.83. The molecule has 126 valence electrons. The molecule has 2 aromatic rings. The molecular formula is C19H21ClN2O2. The first-order valence-corrected chi connectivity index (χ1v) is 8.28. The third-order valence-corrected chi connectivity index (χ3v) is 4.48. The Bertz CT molecular complexity index is 759. The molecule has 1 unspecified atom stereocenters. The summed E-state index contributed by atoms with van der Waals surface area (Å²) < 4.78 is 0. The summed E-state index contributed by atoms with van der Waals surface area (Å²) in [5.41, 5.74) is 2.92. The minimum absolute atomic E-state index is 0.291. The van der Waals surface area contributed by atoms with Crippen LogP contribution in [0.2, 0.25) is 5.02 Å². The second kappa shape index (κ2) is 7.97. The maximum atomic E-state index is 12.2. The highest BCUT2D eigenvalue weighted by Crippen LogP contribution is 2.27. The maximum absolute atomic E-state index is 12.2. The Morgan fingerprint density at radius 2 is 1.58 bits per heavy atom. The summed E-state index contributed by atoms with van der Waals surface area (Å²) in [6.45, 7) is 5.95. The lowest BCUT2D eigenvalue weighted by Crippen LogP contribution is -2.29. The number of benzene rings is 2. The molecule has 4 nitrogen and oxygen atoms in total. The van der Waals surface area contributed by atoms with Gasteiger partial charge >= 0.3 is 11.8 Å². The third kappa shape index (κ3) is 4.15. The molecule has 24 heavy (non-hydrogen) atoms. The van der Waals surface area contributed by atoms with Gasteiger partial charge in [-0.3, -0.25) is 9.59 Å². The number of nitrogens with one attached hydrogen (secondary N) is 2. The SMILES string of the molecule is CCC(C)c1ccccc1NC(=O)C(=O)Nc1cccc(Cl)c1C. The largest absolute Gasteiger partial charge is 0.318 e. The van der Waals surface area contributed by atoms with Crippen LogP contribution in [-0.4, -0.2) is 11.8 Å². The third-order valence-electron chi connectivity index (χ3n) is 4.07. The average molecular weight is 345 g/mol. The fourth-order valence-electron chi connectivity index (χ4n) is 2.36. The Morgan fingerprint density at radius 3 is 2.25 bits per heavy atom. The van der Waals surface area contributed by atoms with E-state index in [1.54, 1.807) is 31.2 Å². The molecule has 0 aliphatic rings. The van der Waals surface area contributed by atoms with Gasteiger partial charge in [0.1, 0.15) is 0 Å². The van der Waals surface area contributed by atoms with Gasteiger partial charge in [0.05, 0.1) is 0 Å². The first-order chi connectivity index (χ1) is 11.4. The molecule has 1 atom stereocenters. The van der Waals surface area contributed by atoms with E-state index in [0.29, 0.717) is 22.3 Å². The first-order valence-electron chi connectivity index (χ1n) is 7.90. The van der Waals surface area contributed by atoms with Crippen LogP contribution >= 0.6 is 11.6 Å². The Labute approximate surface area is 147 Å². The number of para-hydroxylation sites is 1. The summed E-state index contributed by atoms with van der Waals surface area (Å²) in [6.07, 6.45) is 0.945. The summed E-state index contributed by atoms with van der Waals surface area (Å²) in [5.74, 6) is -1.14. The molecule has 0 saturated carbocycles. The fourth-order valence-corrected chi connectivity index (χ4v) is 2.54. The number of halogens is 1. The van der Waals surface area contributed by atoms with Crippen LogP contribution in [0.4, 0.5) is 11.4 Å². The lowest BCUT2D eigenvalue weighted by atomic mass is 9.97. The molecule has 0 saturated heterocycles. The molecule has 5 heteroatoms. The van der Waals surface area contributed by atoms with Gasteiger partial charge in [0, 0.05) is 16.4 Å². The van der Waals surface area contributed by atoms with Crippen molar-refractivity contribution < 1.29 is 9.59 Å². The van der Waals surface area contributed by atoms with E-state index in [1.807, 2.05) is 18.2 Å². The number of hydrogen-bond acceptors (Lipinski definition) is 2. The molecule has 0 aliphatic heterocycles. The number of anilines is 2. The highest BCUT2D eigenvalue weighted by Gasteiger charge is 2.18. The van der Waals surface area contributed by atoms with Crippen molar-refractivity contribution in [2.24, 2.45) is 0 Å². The number of amides is 2. The molecule has 2 N–H and O–H groups in total. The van der Waals surface area contributed by atoms with Crippen molar-refractivity contribution in [3.8, 4) is 0 Å². The first kappa shape index (κ1) is 18.0. The van der Waals surface area contributed by atoms with Gasteiger partial charge in [0.2, 0.25) is 0 Å². The van der Waals surface area contributed by atoms with E-state index in [4.69, 9.17) is 11.6 Å². The van der Waals surface area contributed by atoms with Gasteiger partial charge in [-0.25, -0.2) is 0 Å². The predicted molar refractivity (Wildman–Crippen MR) is 98.6 cm³/mol. The van der Waals surface area contributed by atoms with Crippen molar-refractivity contribution in [2.45, 2.75) is 33.1 Å². The maximum Gasteiger partial charge on any atom is 0.314 e. The quantitative estimate of drug-likeness (QED) is 0.787. The molecule has 2 rings (SSSR count). The van der Waals surface area contributed by atoms with Crippen LogP contribution in [0.5, 0.6) is 0 Å². The van der Waals surface area contributed by atoms with Crippen molar-refractivity contribution in [1.82, 2.24) is 0 Å².